The Morgan fingerprint density at radius 3 is 2.39 bits per heavy atom. The average molecular weight is 244 g/mol. The van der Waals surface area contributed by atoms with Crippen molar-refractivity contribution in [3.63, 3.8) is 0 Å². The van der Waals surface area contributed by atoms with E-state index in [9.17, 15) is 15.3 Å². The van der Waals surface area contributed by atoms with Gasteiger partial charge in [0.25, 0.3) is 0 Å². The largest absolute Gasteiger partial charge is 0.508 e. The van der Waals surface area contributed by atoms with Gasteiger partial charge in [0.15, 0.2) is 0 Å². The van der Waals surface area contributed by atoms with Crippen LogP contribution in [-0.4, -0.2) is 15.3 Å². The fourth-order valence-electron chi connectivity index (χ4n) is 2.16. The quantitative estimate of drug-likeness (QED) is 0.663. The molecule has 0 saturated heterocycles. The predicted octanol–water partition coefficient (Wildman–Crippen LogP) is 2.07. The summed E-state index contributed by atoms with van der Waals surface area (Å²) >= 11 is 0. The van der Waals surface area contributed by atoms with E-state index in [-0.39, 0.29) is 11.5 Å². The second kappa shape index (κ2) is 3.92. The number of phenols is 2. The molecule has 0 saturated carbocycles. The van der Waals surface area contributed by atoms with E-state index < -0.39 is 6.29 Å². The minimum Gasteiger partial charge on any atom is -0.508 e. The molecule has 2 aromatic carbocycles. The van der Waals surface area contributed by atoms with Gasteiger partial charge in [-0.2, -0.15) is 0 Å². The van der Waals surface area contributed by atoms with Gasteiger partial charge >= 0.3 is 0 Å². The summed E-state index contributed by atoms with van der Waals surface area (Å²) in [6.07, 6.45) is -0.558. The second-order valence-corrected chi connectivity index (χ2v) is 4.32. The van der Waals surface area contributed by atoms with E-state index in [0.29, 0.717) is 17.7 Å². The summed E-state index contributed by atoms with van der Waals surface area (Å²) in [5.74, 6) is 0.637. The van der Waals surface area contributed by atoms with Crippen LogP contribution < -0.4 is 4.74 Å². The van der Waals surface area contributed by atoms with E-state index in [2.05, 4.69) is 0 Å². The van der Waals surface area contributed by atoms with Gasteiger partial charge < -0.3 is 20.1 Å². The fourth-order valence-corrected chi connectivity index (χ4v) is 2.16. The molecule has 0 bridgehead atoms. The summed E-state index contributed by atoms with van der Waals surface area (Å²) in [5.41, 5.74) is 2.33. The van der Waals surface area contributed by atoms with Crippen molar-refractivity contribution in [3.05, 3.63) is 53.1 Å². The van der Waals surface area contributed by atoms with Crippen LogP contribution in [-0.2, 0) is 6.42 Å². The first-order valence-corrected chi connectivity index (χ1v) is 5.62. The number of aliphatic hydroxyl groups is 1. The third kappa shape index (κ3) is 1.76. The summed E-state index contributed by atoms with van der Waals surface area (Å²) in [6.45, 7) is 0. The molecule has 4 nitrogen and oxygen atoms in total. The highest BCUT2D eigenvalue weighted by atomic mass is 16.6. The van der Waals surface area contributed by atoms with Crippen molar-refractivity contribution in [2.24, 2.45) is 0 Å². The van der Waals surface area contributed by atoms with Crippen LogP contribution in [0.15, 0.2) is 36.4 Å². The van der Waals surface area contributed by atoms with Crippen molar-refractivity contribution in [1.29, 1.82) is 0 Å². The highest BCUT2D eigenvalue weighted by Crippen LogP contribution is 2.36. The molecule has 0 aromatic heterocycles. The maximum absolute atomic E-state index is 9.99. The van der Waals surface area contributed by atoms with Crippen molar-refractivity contribution in [2.45, 2.75) is 12.7 Å². The minimum absolute atomic E-state index is 0.0882. The lowest BCUT2D eigenvalue weighted by molar-refractivity contribution is -0.0191. The van der Waals surface area contributed by atoms with Crippen molar-refractivity contribution in [1.82, 2.24) is 0 Å². The van der Waals surface area contributed by atoms with E-state index in [1.165, 1.54) is 12.1 Å². The van der Waals surface area contributed by atoms with E-state index in [0.717, 1.165) is 11.1 Å². The first kappa shape index (κ1) is 10.9. The molecular weight excluding hydrogens is 232 g/mol. The zero-order chi connectivity index (χ0) is 12.7. The van der Waals surface area contributed by atoms with Gasteiger partial charge in [-0.05, 0) is 29.3 Å². The number of phenolic OH excluding ortho intramolecular Hbond substituents is 2. The van der Waals surface area contributed by atoms with E-state index in [1.54, 1.807) is 24.3 Å². The second-order valence-electron chi connectivity index (χ2n) is 4.32. The van der Waals surface area contributed by atoms with Gasteiger partial charge in [0, 0.05) is 18.1 Å². The average Bonchev–Trinajstić information content (AvgIpc) is 2.46. The molecule has 0 radical (unpaired) electrons. The molecule has 1 aliphatic heterocycles. The number of aliphatic hydroxyl groups excluding tert-OH is 1. The monoisotopic (exact) mass is 244 g/mol. The highest BCUT2D eigenvalue weighted by Gasteiger charge is 2.21. The number of ether oxygens (including phenoxy) is 1. The third-order valence-corrected chi connectivity index (χ3v) is 3.07. The summed E-state index contributed by atoms with van der Waals surface area (Å²) in [5, 5.41) is 28.9. The van der Waals surface area contributed by atoms with Gasteiger partial charge in [-0.25, -0.2) is 0 Å². The lowest BCUT2D eigenvalue weighted by Gasteiger charge is -2.13. The zero-order valence-corrected chi connectivity index (χ0v) is 9.50. The van der Waals surface area contributed by atoms with Gasteiger partial charge in [0.2, 0.25) is 6.29 Å². The third-order valence-electron chi connectivity index (χ3n) is 3.07. The molecule has 0 spiro atoms. The molecule has 1 atom stereocenters. The SMILES string of the molecule is Oc1ccc2c(c1)OC(O)c1cc(O)ccc1C2. The number of fused-ring (bicyclic) bond motifs is 2. The van der Waals surface area contributed by atoms with Crippen molar-refractivity contribution in [2.75, 3.05) is 0 Å². The molecule has 92 valence electrons. The van der Waals surface area contributed by atoms with Crippen LogP contribution in [0, 0.1) is 0 Å². The van der Waals surface area contributed by atoms with Gasteiger partial charge in [0.05, 0.1) is 0 Å². The van der Waals surface area contributed by atoms with Crippen LogP contribution in [0.2, 0.25) is 0 Å². The van der Waals surface area contributed by atoms with Gasteiger partial charge in [-0.15, -0.1) is 0 Å². The van der Waals surface area contributed by atoms with E-state index >= 15 is 0 Å². The molecule has 0 amide bonds. The normalized spacial score (nSPS) is 17.3. The van der Waals surface area contributed by atoms with Gasteiger partial charge in [-0.1, -0.05) is 12.1 Å². The van der Waals surface area contributed by atoms with Crippen LogP contribution in [0.5, 0.6) is 17.2 Å². The molecule has 3 N–H and O–H groups in total. The molecule has 0 fully saturated rings. The maximum atomic E-state index is 9.99. The topological polar surface area (TPSA) is 69.9 Å². The first-order valence-electron chi connectivity index (χ1n) is 5.62. The molecular formula is C14H12O4. The number of benzene rings is 2. The molecule has 1 heterocycles. The van der Waals surface area contributed by atoms with Crippen molar-refractivity contribution < 1.29 is 20.1 Å². The van der Waals surface area contributed by atoms with Crippen LogP contribution in [0.25, 0.3) is 0 Å². The maximum Gasteiger partial charge on any atom is 0.224 e. The Morgan fingerprint density at radius 1 is 0.944 bits per heavy atom. The van der Waals surface area contributed by atoms with Crippen molar-refractivity contribution in [3.8, 4) is 17.2 Å². The van der Waals surface area contributed by atoms with E-state index in [4.69, 9.17) is 4.74 Å². The van der Waals surface area contributed by atoms with Crippen LogP contribution in [0.1, 0.15) is 23.0 Å². The molecule has 1 unspecified atom stereocenters. The number of rotatable bonds is 0. The summed E-state index contributed by atoms with van der Waals surface area (Å²) in [7, 11) is 0. The Labute approximate surface area is 104 Å². The molecule has 18 heavy (non-hydrogen) atoms. The Kier molecular flexibility index (Phi) is 2.38. The molecule has 0 aliphatic carbocycles. The number of hydrogen-bond donors (Lipinski definition) is 3. The highest BCUT2D eigenvalue weighted by molar-refractivity contribution is 5.47. The van der Waals surface area contributed by atoms with Gasteiger partial charge in [-0.3, -0.25) is 0 Å². The lowest BCUT2D eigenvalue weighted by atomic mass is 10.00. The number of hydrogen-bond acceptors (Lipinski definition) is 4. The minimum atomic E-state index is -1.14. The van der Waals surface area contributed by atoms with Gasteiger partial charge in [0.1, 0.15) is 17.2 Å². The first-order chi connectivity index (χ1) is 8.63. The smallest absolute Gasteiger partial charge is 0.224 e. The van der Waals surface area contributed by atoms with Crippen LogP contribution in [0.3, 0.4) is 0 Å². The Bertz CT molecular complexity index is 607. The lowest BCUT2D eigenvalue weighted by Crippen LogP contribution is -2.06. The zero-order valence-electron chi connectivity index (χ0n) is 9.50. The molecule has 2 aromatic rings. The summed E-state index contributed by atoms with van der Waals surface area (Å²) in [6, 6.07) is 9.66. The Hall–Kier alpha value is -2.20. The number of aromatic hydroxyl groups is 2. The molecule has 1 aliphatic rings. The standard InChI is InChI=1S/C14H12O4/c15-10-3-1-8-5-9-2-4-11(16)7-13(9)18-14(17)12(8)6-10/h1-4,6-7,14-17H,5H2. The van der Waals surface area contributed by atoms with Crippen LogP contribution >= 0.6 is 0 Å². The fraction of sp³-hybridized carbons (Fsp3) is 0.143. The predicted molar refractivity (Wildman–Crippen MR) is 64.6 cm³/mol. The van der Waals surface area contributed by atoms with E-state index in [1.807, 2.05) is 0 Å². The summed E-state index contributed by atoms with van der Waals surface area (Å²) < 4.78 is 5.40. The Balaban J connectivity index is 2.13. The van der Waals surface area contributed by atoms with Crippen molar-refractivity contribution >= 4 is 0 Å². The van der Waals surface area contributed by atoms with Crippen LogP contribution in [0.4, 0.5) is 0 Å². The molecule has 4 heteroatoms. The Morgan fingerprint density at radius 2 is 1.61 bits per heavy atom. The summed E-state index contributed by atoms with van der Waals surface area (Å²) in [4.78, 5) is 0. The molecule has 3 rings (SSSR count).